The molecular weight excluding hydrogens is 170 g/mol. The Morgan fingerprint density at radius 2 is 2.00 bits per heavy atom. The summed E-state index contributed by atoms with van der Waals surface area (Å²) in [4.78, 5) is 20.9. The monoisotopic (exact) mass is 179 g/mol. The Morgan fingerprint density at radius 3 is 2.46 bits per heavy atom. The van der Waals surface area contributed by atoms with E-state index >= 15 is 0 Å². The summed E-state index contributed by atoms with van der Waals surface area (Å²) in [6.07, 6.45) is 0. The van der Waals surface area contributed by atoms with Gasteiger partial charge in [0.1, 0.15) is 0 Å². The van der Waals surface area contributed by atoms with E-state index in [1.165, 1.54) is 6.92 Å². The third-order valence-corrected chi connectivity index (χ3v) is 1.39. The van der Waals surface area contributed by atoms with Crippen molar-refractivity contribution in [1.82, 2.24) is 5.12 Å². The molecule has 0 atom stereocenters. The van der Waals surface area contributed by atoms with Crippen LogP contribution in [0.2, 0.25) is 0 Å². The lowest BCUT2D eigenvalue weighted by molar-refractivity contribution is -0.127. The number of nitrogens with one attached hydrogen (secondary N) is 1. The van der Waals surface area contributed by atoms with E-state index in [0.717, 1.165) is 0 Å². The zero-order chi connectivity index (χ0) is 9.68. The first-order valence-electron chi connectivity index (χ1n) is 3.69. The van der Waals surface area contributed by atoms with Crippen molar-refractivity contribution in [3.8, 4) is 0 Å². The van der Waals surface area contributed by atoms with Crippen LogP contribution in [0.3, 0.4) is 0 Å². The number of carbonyl (C=O) groups excluding carboxylic acids is 1. The smallest absolute Gasteiger partial charge is 0.262 e. The van der Waals surface area contributed by atoms with Crippen LogP contribution in [-0.2, 0) is 4.79 Å². The summed E-state index contributed by atoms with van der Waals surface area (Å²) in [7, 11) is 0. The maximum absolute atomic E-state index is 10.7. The first kappa shape index (κ1) is 9.18. The third kappa shape index (κ3) is 2.55. The maximum atomic E-state index is 10.7. The molecule has 1 amide bonds. The molecule has 0 saturated heterocycles. The first-order valence-corrected chi connectivity index (χ1v) is 3.69. The predicted octanol–water partition coefficient (Wildman–Crippen LogP) is 1.54. The summed E-state index contributed by atoms with van der Waals surface area (Å²) < 4.78 is 0. The lowest BCUT2D eigenvalue weighted by atomic mass is 10.3. The Kier molecular flexibility index (Phi) is 2.97. The van der Waals surface area contributed by atoms with Crippen LogP contribution in [0.5, 0.6) is 0 Å². The van der Waals surface area contributed by atoms with Gasteiger partial charge in [-0.05, 0) is 12.1 Å². The normalized spacial score (nSPS) is 9.00. The van der Waals surface area contributed by atoms with Crippen molar-refractivity contribution >= 4 is 11.6 Å². The molecule has 1 aromatic rings. The van der Waals surface area contributed by atoms with Crippen molar-refractivity contribution in [1.29, 1.82) is 0 Å². The summed E-state index contributed by atoms with van der Waals surface area (Å²) >= 11 is 0. The molecule has 0 aliphatic rings. The van der Waals surface area contributed by atoms with E-state index in [1.807, 2.05) is 6.07 Å². The SMILES string of the molecule is CC(=O)N(N=O)Nc1ccccc1. The molecule has 0 aliphatic carbocycles. The van der Waals surface area contributed by atoms with E-state index in [4.69, 9.17) is 0 Å². The van der Waals surface area contributed by atoms with Crippen LogP contribution >= 0.6 is 0 Å². The molecule has 5 heteroatoms. The van der Waals surface area contributed by atoms with Crippen LogP contribution in [0.4, 0.5) is 5.69 Å². The van der Waals surface area contributed by atoms with Crippen molar-refractivity contribution in [2.75, 3.05) is 5.43 Å². The van der Waals surface area contributed by atoms with Gasteiger partial charge in [-0.2, -0.15) is 0 Å². The molecule has 0 radical (unpaired) electrons. The van der Waals surface area contributed by atoms with Gasteiger partial charge in [0, 0.05) is 6.92 Å². The molecular formula is C8H9N3O2. The van der Waals surface area contributed by atoms with Crippen LogP contribution in [0.15, 0.2) is 35.6 Å². The highest BCUT2D eigenvalue weighted by atomic mass is 16.3. The molecule has 0 aromatic heterocycles. The number of rotatable bonds is 3. The minimum Gasteiger partial charge on any atom is -0.273 e. The second-order valence-electron chi connectivity index (χ2n) is 2.39. The average molecular weight is 179 g/mol. The highest BCUT2D eigenvalue weighted by molar-refractivity contribution is 5.74. The number of benzene rings is 1. The molecule has 0 spiro atoms. The maximum Gasteiger partial charge on any atom is 0.262 e. The van der Waals surface area contributed by atoms with Gasteiger partial charge >= 0.3 is 0 Å². The first-order chi connectivity index (χ1) is 6.24. The summed E-state index contributed by atoms with van der Waals surface area (Å²) in [5.41, 5.74) is 3.17. The molecule has 13 heavy (non-hydrogen) atoms. The van der Waals surface area contributed by atoms with Crippen LogP contribution in [0, 0.1) is 4.91 Å². The largest absolute Gasteiger partial charge is 0.273 e. The minimum atomic E-state index is -0.459. The van der Waals surface area contributed by atoms with E-state index in [-0.39, 0.29) is 0 Å². The zero-order valence-electron chi connectivity index (χ0n) is 7.10. The number of hydrazine groups is 1. The van der Waals surface area contributed by atoms with Crippen molar-refractivity contribution in [3.63, 3.8) is 0 Å². The number of amides is 1. The molecule has 0 saturated carbocycles. The number of hydrogen-bond acceptors (Lipinski definition) is 4. The molecule has 1 N–H and O–H groups in total. The zero-order valence-corrected chi connectivity index (χ0v) is 7.10. The molecule has 0 fully saturated rings. The summed E-state index contributed by atoms with van der Waals surface area (Å²) in [6, 6.07) is 8.84. The van der Waals surface area contributed by atoms with Gasteiger partial charge in [-0.15, -0.1) is 10.0 Å². The summed E-state index contributed by atoms with van der Waals surface area (Å²) in [6.45, 7) is 1.25. The fourth-order valence-corrected chi connectivity index (χ4v) is 0.792. The van der Waals surface area contributed by atoms with Crippen LogP contribution in [-0.4, -0.2) is 11.0 Å². The topological polar surface area (TPSA) is 61.8 Å². The molecule has 68 valence electrons. The van der Waals surface area contributed by atoms with Gasteiger partial charge < -0.3 is 0 Å². The second-order valence-corrected chi connectivity index (χ2v) is 2.39. The van der Waals surface area contributed by atoms with Crippen LogP contribution in [0.1, 0.15) is 6.92 Å². The minimum absolute atomic E-state index is 0.459. The molecule has 0 heterocycles. The van der Waals surface area contributed by atoms with Crippen molar-refractivity contribution in [2.24, 2.45) is 5.29 Å². The Morgan fingerprint density at radius 1 is 1.38 bits per heavy atom. The van der Waals surface area contributed by atoms with E-state index < -0.39 is 5.91 Å². The lowest BCUT2D eigenvalue weighted by Gasteiger charge is -2.12. The fourth-order valence-electron chi connectivity index (χ4n) is 0.792. The number of anilines is 1. The highest BCUT2D eigenvalue weighted by Crippen LogP contribution is 2.06. The number of para-hydroxylation sites is 1. The van der Waals surface area contributed by atoms with Crippen molar-refractivity contribution in [3.05, 3.63) is 35.2 Å². The molecule has 0 aliphatic heterocycles. The third-order valence-electron chi connectivity index (χ3n) is 1.39. The quantitative estimate of drug-likeness (QED) is 0.565. The standard InChI is InChI=1S/C8H9N3O2/c1-7(12)11(10-13)9-8-5-3-2-4-6-8/h2-6,9H,1H3. The molecule has 0 unspecified atom stereocenters. The summed E-state index contributed by atoms with van der Waals surface area (Å²) in [5, 5.41) is 3.14. The van der Waals surface area contributed by atoms with Gasteiger partial charge in [0.05, 0.1) is 11.0 Å². The average Bonchev–Trinajstić information content (AvgIpc) is 2.15. The lowest BCUT2D eigenvalue weighted by Crippen LogP contribution is -2.28. The highest BCUT2D eigenvalue weighted by Gasteiger charge is 2.06. The van der Waals surface area contributed by atoms with Gasteiger partial charge in [0.2, 0.25) is 0 Å². The molecule has 5 nitrogen and oxygen atoms in total. The molecule has 1 rings (SSSR count). The second kappa shape index (κ2) is 4.20. The van der Waals surface area contributed by atoms with Gasteiger partial charge in [-0.3, -0.25) is 10.2 Å². The fraction of sp³-hybridized carbons (Fsp3) is 0.125. The van der Waals surface area contributed by atoms with Crippen molar-refractivity contribution < 1.29 is 4.79 Å². The van der Waals surface area contributed by atoms with Gasteiger partial charge in [0.25, 0.3) is 5.91 Å². The van der Waals surface area contributed by atoms with E-state index in [2.05, 4.69) is 10.7 Å². The predicted molar refractivity (Wildman–Crippen MR) is 48.4 cm³/mol. The van der Waals surface area contributed by atoms with E-state index in [9.17, 15) is 9.70 Å². The van der Waals surface area contributed by atoms with Gasteiger partial charge in [0.15, 0.2) is 0 Å². The van der Waals surface area contributed by atoms with E-state index in [0.29, 0.717) is 10.8 Å². The molecule has 0 bridgehead atoms. The van der Waals surface area contributed by atoms with Gasteiger partial charge in [-0.25, -0.2) is 0 Å². The van der Waals surface area contributed by atoms with Crippen LogP contribution < -0.4 is 5.43 Å². The number of nitrogens with zero attached hydrogens (tertiary/aromatic N) is 2. The Bertz CT molecular complexity index is 300. The number of nitroso groups, excluding NO2 is 1. The Balaban J connectivity index is 2.67. The summed E-state index contributed by atoms with van der Waals surface area (Å²) in [5.74, 6) is -0.459. The van der Waals surface area contributed by atoms with E-state index in [1.54, 1.807) is 24.3 Å². The Labute approximate surface area is 75.3 Å². The molecule has 1 aromatic carbocycles. The van der Waals surface area contributed by atoms with Crippen LogP contribution in [0.25, 0.3) is 0 Å². The van der Waals surface area contributed by atoms with Crippen molar-refractivity contribution in [2.45, 2.75) is 6.92 Å². The van der Waals surface area contributed by atoms with Gasteiger partial charge in [-0.1, -0.05) is 18.2 Å². The number of hydrogen-bond donors (Lipinski definition) is 1. The Hall–Kier alpha value is -1.91. The number of carbonyl (C=O) groups is 1.